The highest BCUT2D eigenvalue weighted by Gasteiger charge is 2.39. The summed E-state index contributed by atoms with van der Waals surface area (Å²) < 4.78 is 5.24. The zero-order valence-corrected chi connectivity index (χ0v) is 13.8. The number of ketones is 2. The maximum Gasteiger partial charge on any atom is 0.217 e. The molecule has 2 aromatic carbocycles. The molecule has 6 heteroatoms. The summed E-state index contributed by atoms with van der Waals surface area (Å²) in [6, 6.07) is 12.3. The fourth-order valence-corrected chi connectivity index (χ4v) is 2.75. The zero-order valence-electron chi connectivity index (χ0n) is 13.8. The van der Waals surface area contributed by atoms with Gasteiger partial charge < -0.3 is 10.1 Å². The van der Waals surface area contributed by atoms with Crippen LogP contribution in [0.5, 0.6) is 5.75 Å². The molecule has 0 bridgehead atoms. The molecule has 1 atom stereocenters. The first kappa shape index (κ1) is 16.6. The van der Waals surface area contributed by atoms with E-state index in [2.05, 4.69) is 10.3 Å². The third-order valence-corrected chi connectivity index (χ3v) is 3.88. The SMILES string of the molecule is COc1ccccc1N=C1C(=O)c2ccccc2C(=O)C1NC(C)=O. The standard InChI is InChI=1S/C19H16N2O4/c1-11(22)20-16-17(21-14-9-5-6-10-15(14)25-2)19(24)13-8-4-3-7-12(13)18(16)23/h3-10,16H,1-2H3,(H,20,22). The van der Waals surface area contributed by atoms with Crippen LogP contribution in [0.15, 0.2) is 53.5 Å². The zero-order chi connectivity index (χ0) is 18.0. The van der Waals surface area contributed by atoms with Gasteiger partial charge in [0.2, 0.25) is 11.7 Å². The van der Waals surface area contributed by atoms with E-state index in [4.69, 9.17) is 4.74 Å². The third kappa shape index (κ3) is 3.06. The van der Waals surface area contributed by atoms with E-state index in [9.17, 15) is 14.4 Å². The number of aliphatic imine (C=N–C) groups is 1. The van der Waals surface area contributed by atoms with Gasteiger partial charge in [-0.15, -0.1) is 0 Å². The molecule has 0 aliphatic heterocycles. The summed E-state index contributed by atoms with van der Waals surface area (Å²) in [7, 11) is 1.49. The van der Waals surface area contributed by atoms with Crippen molar-refractivity contribution in [1.29, 1.82) is 0 Å². The molecule has 0 radical (unpaired) electrons. The van der Waals surface area contributed by atoms with Crippen LogP contribution in [0.2, 0.25) is 0 Å². The molecule has 6 nitrogen and oxygen atoms in total. The average Bonchev–Trinajstić information content (AvgIpc) is 2.62. The van der Waals surface area contributed by atoms with Gasteiger partial charge in [-0.25, -0.2) is 4.99 Å². The van der Waals surface area contributed by atoms with E-state index in [0.29, 0.717) is 11.4 Å². The fraction of sp³-hybridized carbons (Fsp3) is 0.158. The molecule has 1 aliphatic carbocycles. The Balaban J connectivity index is 2.18. The first-order valence-corrected chi connectivity index (χ1v) is 7.69. The Hall–Kier alpha value is -3.28. The number of hydrogen-bond donors (Lipinski definition) is 1. The molecule has 1 aliphatic rings. The second kappa shape index (κ2) is 6.68. The largest absolute Gasteiger partial charge is 0.494 e. The lowest BCUT2D eigenvalue weighted by Gasteiger charge is -2.24. The quantitative estimate of drug-likeness (QED) is 0.932. The van der Waals surface area contributed by atoms with Crippen molar-refractivity contribution >= 4 is 28.9 Å². The lowest BCUT2D eigenvalue weighted by molar-refractivity contribution is -0.119. The number of benzene rings is 2. The van der Waals surface area contributed by atoms with Crippen LogP contribution < -0.4 is 10.1 Å². The predicted octanol–water partition coefficient (Wildman–Crippen LogP) is 2.35. The van der Waals surface area contributed by atoms with Crippen LogP contribution in [0, 0.1) is 0 Å². The monoisotopic (exact) mass is 336 g/mol. The lowest BCUT2D eigenvalue weighted by atomic mass is 9.84. The van der Waals surface area contributed by atoms with E-state index in [0.717, 1.165) is 0 Å². The summed E-state index contributed by atoms with van der Waals surface area (Å²) in [5.74, 6) is -0.701. The summed E-state index contributed by atoms with van der Waals surface area (Å²) >= 11 is 0. The second-order valence-corrected chi connectivity index (χ2v) is 5.54. The number of para-hydroxylation sites is 2. The maximum absolute atomic E-state index is 12.9. The Morgan fingerprint density at radius 1 is 1.04 bits per heavy atom. The number of methoxy groups -OCH3 is 1. The number of Topliss-reactive ketones (excluding diaryl/α,β-unsaturated/α-hetero) is 2. The highest BCUT2D eigenvalue weighted by Crippen LogP contribution is 2.29. The van der Waals surface area contributed by atoms with Crippen LogP contribution in [0.1, 0.15) is 27.6 Å². The number of ether oxygens (including phenoxy) is 1. The van der Waals surface area contributed by atoms with Gasteiger partial charge in [-0.3, -0.25) is 14.4 Å². The van der Waals surface area contributed by atoms with Crippen LogP contribution in [0.25, 0.3) is 0 Å². The van der Waals surface area contributed by atoms with Gasteiger partial charge in [0.1, 0.15) is 23.2 Å². The van der Waals surface area contributed by atoms with Crippen LogP contribution in [0.3, 0.4) is 0 Å². The Kier molecular flexibility index (Phi) is 4.43. The van der Waals surface area contributed by atoms with E-state index in [1.807, 2.05) is 0 Å². The van der Waals surface area contributed by atoms with E-state index >= 15 is 0 Å². The number of carbonyl (C=O) groups is 3. The van der Waals surface area contributed by atoms with Crippen LogP contribution >= 0.6 is 0 Å². The number of amides is 1. The van der Waals surface area contributed by atoms with E-state index < -0.39 is 11.9 Å². The molecule has 0 saturated heterocycles. The highest BCUT2D eigenvalue weighted by atomic mass is 16.5. The van der Waals surface area contributed by atoms with Crippen molar-refractivity contribution in [1.82, 2.24) is 5.32 Å². The van der Waals surface area contributed by atoms with Gasteiger partial charge in [0.05, 0.1) is 7.11 Å². The maximum atomic E-state index is 12.9. The molecular weight excluding hydrogens is 320 g/mol. The van der Waals surface area contributed by atoms with Gasteiger partial charge in [-0.1, -0.05) is 36.4 Å². The van der Waals surface area contributed by atoms with E-state index in [1.165, 1.54) is 14.0 Å². The number of hydrogen-bond acceptors (Lipinski definition) is 5. The molecule has 0 fully saturated rings. The molecule has 0 spiro atoms. The van der Waals surface area contributed by atoms with Crippen molar-refractivity contribution in [2.24, 2.45) is 4.99 Å². The minimum atomic E-state index is -1.12. The molecule has 0 heterocycles. The van der Waals surface area contributed by atoms with E-state index in [1.54, 1.807) is 48.5 Å². The minimum absolute atomic E-state index is 0.0246. The van der Waals surface area contributed by atoms with Crippen molar-refractivity contribution in [2.45, 2.75) is 13.0 Å². The second-order valence-electron chi connectivity index (χ2n) is 5.54. The molecular formula is C19H16N2O4. The fourth-order valence-electron chi connectivity index (χ4n) is 2.75. The predicted molar refractivity (Wildman–Crippen MR) is 92.8 cm³/mol. The number of carbonyl (C=O) groups excluding carboxylic acids is 3. The van der Waals surface area contributed by atoms with Crippen LogP contribution in [-0.4, -0.2) is 36.3 Å². The molecule has 1 N–H and O–H groups in total. The van der Waals surface area contributed by atoms with Gasteiger partial charge in [0, 0.05) is 18.1 Å². The van der Waals surface area contributed by atoms with Crippen molar-refractivity contribution in [3.63, 3.8) is 0 Å². The number of fused-ring (bicyclic) bond motifs is 1. The van der Waals surface area contributed by atoms with Crippen molar-refractivity contribution in [2.75, 3.05) is 7.11 Å². The Morgan fingerprint density at radius 2 is 1.68 bits per heavy atom. The number of nitrogens with one attached hydrogen (secondary N) is 1. The molecule has 0 saturated carbocycles. The summed E-state index contributed by atoms with van der Waals surface area (Å²) in [6.07, 6.45) is 0. The summed E-state index contributed by atoms with van der Waals surface area (Å²) in [6.45, 7) is 1.29. The van der Waals surface area contributed by atoms with Crippen molar-refractivity contribution < 1.29 is 19.1 Å². The minimum Gasteiger partial charge on any atom is -0.494 e. The van der Waals surface area contributed by atoms with Gasteiger partial charge in [-0.2, -0.15) is 0 Å². The van der Waals surface area contributed by atoms with Crippen molar-refractivity contribution in [3.05, 3.63) is 59.7 Å². The average molecular weight is 336 g/mol. The smallest absolute Gasteiger partial charge is 0.217 e. The molecule has 0 aromatic heterocycles. The molecule has 2 aromatic rings. The summed E-state index contributed by atoms with van der Waals surface area (Å²) in [5, 5.41) is 2.53. The van der Waals surface area contributed by atoms with Crippen LogP contribution in [-0.2, 0) is 4.79 Å². The summed E-state index contributed by atoms with van der Waals surface area (Å²) in [4.78, 5) is 41.6. The topological polar surface area (TPSA) is 84.8 Å². The first-order valence-electron chi connectivity index (χ1n) is 7.69. The van der Waals surface area contributed by atoms with Crippen molar-refractivity contribution in [3.8, 4) is 5.75 Å². The van der Waals surface area contributed by atoms with E-state index in [-0.39, 0.29) is 28.4 Å². The van der Waals surface area contributed by atoms with Crippen LogP contribution in [0.4, 0.5) is 5.69 Å². The number of nitrogens with zero attached hydrogens (tertiary/aromatic N) is 1. The Labute approximate surface area is 144 Å². The molecule has 1 amide bonds. The van der Waals surface area contributed by atoms with Gasteiger partial charge in [0.25, 0.3) is 0 Å². The number of rotatable bonds is 3. The third-order valence-electron chi connectivity index (χ3n) is 3.88. The summed E-state index contributed by atoms with van der Waals surface area (Å²) in [5.41, 5.74) is 0.951. The molecule has 1 unspecified atom stereocenters. The van der Waals surface area contributed by atoms with Gasteiger partial charge in [-0.05, 0) is 12.1 Å². The Morgan fingerprint density at radius 3 is 2.36 bits per heavy atom. The van der Waals surface area contributed by atoms with Gasteiger partial charge >= 0.3 is 0 Å². The molecule has 3 rings (SSSR count). The highest BCUT2D eigenvalue weighted by molar-refractivity contribution is 6.55. The normalized spacial score (nSPS) is 18.0. The molecule has 126 valence electrons. The first-order chi connectivity index (χ1) is 12.0. The Bertz CT molecular complexity index is 902. The van der Waals surface area contributed by atoms with Gasteiger partial charge in [0.15, 0.2) is 5.78 Å². The molecule has 25 heavy (non-hydrogen) atoms. The lowest BCUT2D eigenvalue weighted by Crippen LogP contribution is -2.51.